The van der Waals surface area contributed by atoms with Gasteiger partial charge in [-0.25, -0.2) is 0 Å². The summed E-state index contributed by atoms with van der Waals surface area (Å²) in [5, 5.41) is 6.94. The van der Waals surface area contributed by atoms with Crippen molar-refractivity contribution in [2.75, 3.05) is 16.8 Å². The zero-order chi connectivity index (χ0) is 20.3. The van der Waals surface area contributed by atoms with Crippen molar-refractivity contribution >= 4 is 29.1 Å². The molecule has 6 nitrogen and oxygen atoms in total. The summed E-state index contributed by atoms with van der Waals surface area (Å²) < 4.78 is 6.01. The van der Waals surface area contributed by atoms with Crippen molar-refractivity contribution < 1.29 is 4.74 Å². The van der Waals surface area contributed by atoms with Gasteiger partial charge in [0.15, 0.2) is 5.11 Å². The minimum absolute atomic E-state index is 0.440. The first-order chi connectivity index (χ1) is 14.7. The van der Waals surface area contributed by atoms with Crippen LogP contribution in [0.2, 0.25) is 0 Å². The summed E-state index contributed by atoms with van der Waals surface area (Å²) in [6.45, 7) is 1.70. The van der Waals surface area contributed by atoms with Crippen molar-refractivity contribution in [1.82, 2.24) is 15.3 Å². The molecule has 7 heteroatoms. The lowest BCUT2D eigenvalue weighted by atomic mass is 10.00. The maximum atomic E-state index is 6.01. The highest BCUT2D eigenvalue weighted by atomic mass is 32.1. The molecule has 1 fully saturated rings. The van der Waals surface area contributed by atoms with E-state index in [1.54, 1.807) is 0 Å². The first-order valence-corrected chi connectivity index (χ1v) is 10.6. The predicted octanol–water partition coefficient (Wildman–Crippen LogP) is 4.28. The molecule has 3 aromatic rings. The van der Waals surface area contributed by atoms with E-state index in [1.807, 2.05) is 36.4 Å². The number of fused-ring (bicyclic) bond motifs is 1. The van der Waals surface area contributed by atoms with Crippen LogP contribution in [0.15, 0.2) is 60.7 Å². The Morgan fingerprint density at radius 2 is 1.77 bits per heavy atom. The van der Waals surface area contributed by atoms with Crippen molar-refractivity contribution in [1.29, 1.82) is 0 Å². The van der Waals surface area contributed by atoms with Gasteiger partial charge < -0.3 is 20.3 Å². The molecule has 152 valence electrons. The SMILES string of the molecule is S=C(Nc1nc(Oc2ccccc2)cc(N2CCc3ccccc3C2)n1)NC1CC1. The number of para-hydroxylation sites is 1. The Kier molecular flexibility index (Phi) is 5.19. The second-order valence-electron chi connectivity index (χ2n) is 7.62. The summed E-state index contributed by atoms with van der Waals surface area (Å²) in [7, 11) is 0. The van der Waals surface area contributed by atoms with Crippen LogP contribution >= 0.6 is 12.2 Å². The number of hydrogen-bond acceptors (Lipinski definition) is 5. The van der Waals surface area contributed by atoms with Gasteiger partial charge >= 0.3 is 0 Å². The van der Waals surface area contributed by atoms with Gasteiger partial charge in [0.1, 0.15) is 11.6 Å². The lowest BCUT2D eigenvalue weighted by molar-refractivity contribution is 0.462. The summed E-state index contributed by atoms with van der Waals surface area (Å²) in [6, 6.07) is 20.6. The number of ether oxygens (including phenoxy) is 1. The fourth-order valence-electron chi connectivity index (χ4n) is 3.53. The molecule has 0 radical (unpaired) electrons. The summed E-state index contributed by atoms with van der Waals surface area (Å²) in [6.07, 6.45) is 3.29. The zero-order valence-corrected chi connectivity index (χ0v) is 17.4. The normalized spacial score (nSPS) is 15.3. The van der Waals surface area contributed by atoms with Crippen LogP contribution in [-0.4, -0.2) is 27.7 Å². The van der Waals surface area contributed by atoms with Crippen LogP contribution in [0.5, 0.6) is 11.6 Å². The first kappa shape index (κ1) is 18.8. The number of benzene rings is 2. The van der Waals surface area contributed by atoms with Gasteiger partial charge in [-0.05, 0) is 54.7 Å². The molecule has 1 aromatic heterocycles. The van der Waals surface area contributed by atoms with Crippen molar-refractivity contribution in [2.45, 2.75) is 31.8 Å². The second kappa shape index (κ2) is 8.28. The average molecular weight is 418 g/mol. The van der Waals surface area contributed by atoms with Crippen molar-refractivity contribution in [3.05, 3.63) is 71.8 Å². The van der Waals surface area contributed by atoms with E-state index in [1.165, 1.54) is 11.1 Å². The van der Waals surface area contributed by atoms with E-state index in [4.69, 9.17) is 21.9 Å². The van der Waals surface area contributed by atoms with E-state index in [-0.39, 0.29) is 0 Å². The number of anilines is 2. The van der Waals surface area contributed by atoms with Crippen LogP contribution in [0.4, 0.5) is 11.8 Å². The molecule has 2 aromatic carbocycles. The molecule has 0 saturated heterocycles. The fraction of sp³-hybridized carbons (Fsp3) is 0.261. The molecular weight excluding hydrogens is 394 g/mol. The second-order valence-corrected chi connectivity index (χ2v) is 8.02. The van der Waals surface area contributed by atoms with Crippen molar-refractivity contribution in [3.8, 4) is 11.6 Å². The van der Waals surface area contributed by atoms with Crippen LogP contribution in [-0.2, 0) is 13.0 Å². The Balaban J connectivity index is 1.42. The summed E-state index contributed by atoms with van der Waals surface area (Å²) >= 11 is 5.42. The summed E-state index contributed by atoms with van der Waals surface area (Å²) in [5.74, 6) is 2.48. The zero-order valence-electron chi connectivity index (χ0n) is 16.5. The smallest absolute Gasteiger partial charge is 0.234 e. The minimum atomic E-state index is 0.440. The van der Waals surface area contributed by atoms with Gasteiger partial charge in [-0.15, -0.1) is 0 Å². The van der Waals surface area contributed by atoms with E-state index in [0.717, 1.165) is 43.9 Å². The monoisotopic (exact) mass is 417 g/mol. The Labute approximate surface area is 181 Å². The highest BCUT2D eigenvalue weighted by molar-refractivity contribution is 7.80. The van der Waals surface area contributed by atoms with E-state index in [9.17, 15) is 0 Å². The quantitative estimate of drug-likeness (QED) is 0.601. The van der Waals surface area contributed by atoms with Gasteiger partial charge in [0, 0.05) is 25.2 Å². The molecule has 5 rings (SSSR count). The Morgan fingerprint density at radius 3 is 2.57 bits per heavy atom. The molecule has 2 aliphatic rings. The molecule has 0 unspecified atom stereocenters. The third-order valence-corrected chi connectivity index (χ3v) is 5.47. The van der Waals surface area contributed by atoms with E-state index in [0.29, 0.717) is 23.0 Å². The molecule has 2 N–H and O–H groups in total. The molecule has 0 atom stereocenters. The number of nitrogens with one attached hydrogen (secondary N) is 2. The maximum absolute atomic E-state index is 6.01. The Bertz CT molecular complexity index is 1050. The van der Waals surface area contributed by atoms with Crippen LogP contribution in [0, 0.1) is 0 Å². The predicted molar refractivity (Wildman–Crippen MR) is 122 cm³/mol. The van der Waals surface area contributed by atoms with E-state index in [2.05, 4.69) is 44.8 Å². The van der Waals surface area contributed by atoms with Gasteiger partial charge in [0.25, 0.3) is 0 Å². The first-order valence-electron chi connectivity index (χ1n) is 10.2. The Hall–Kier alpha value is -3.19. The lowest BCUT2D eigenvalue weighted by Crippen LogP contribution is -2.33. The number of nitrogens with zero attached hydrogens (tertiary/aromatic N) is 3. The topological polar surface area (TPSA) is 62.3 Å². The molecule has 1 aliphatic heterocycles. The van der Waals surface area contributed by atoms with Gasteiger partial charge in [0.05, 0.1) is 0 Å². The van der Waals surface area contributed by atoms with Crippen molar-refractivity contribution in [2.24, 2.45) is 0 Å². The highest BCUT2D eigenvalue weighted by Crippen LogP contribution is 2.28. The maximum Gasteiger partial charge on any atom is 0.234 e. The van der Waals surface area contributed by atoms with Crippen LogP contribution in [0.1, 0.15) is 24.0 Å². The molecule has 0 amide bonds. The number of thiocarbonyl (C=S) groups is 1. The Morgan fingerprint density at radius 1 is 1.00 bits per heavy atom. The standard InChI is InChI=1S/C23H23N5OS/c30-23(24-18-10-11-18)27-22-25-20(14-21(26-22)29-19-8-2-1-3-9-19)28-13-12-16-6-4-5-7-17(16)15-28/h1-9,14,18H,10-13,15H2,(H2,24,25,26,27,30). The molecule has 0 bridgehead atoms. The van der Waals surface area contributed by atoms with Gasteiger partial charge in [-0.2, -0.15) is 9.97 Å². The molecule has 1 aliphatic carbocycles. The van der Waals surface area contributed by atoms with Crippen LogP contribution < -0.4 is 20.3 Å². The van der Waals surface area contributed by atoms with E-state index < -0.39 is 0 Å². The third kappa shape index (κ3) is 4.52. The number of rotatable bonds is 5. The molecule has 1 saturated carbocycles. The average Bonchev–Trinajstić information content (AvgIpc) is 3.58. The summed E-state index contributed by atoms with van der Waals surface area (Å²) in [5.41, 5.74) is 2.73. The van der Waals surface area contributed by atoms with Crippen LogP contribution in [0.3, 0.4) is 0 Å². The van der Waals surface area contributed by atoms with Gasteiger partial charge in [-0.1, -0.05) is 42.5 Å². The molecule has 2 heterocycles. The molecule has 30 heavy (non-hydrogen) atoms. The molecule has 0 spiro atoms. The minimum Gasteiger partial charge on any atom is -0.439 e. The van der Waals surface area contributed by atoms with Gasteiger partial charge in [0.2, 0.25) is 11.8 Å². The van der Waals surface area contributed by atoms with E-state index >= 15 is 0 Å². The highest BCUT2D eigenvalue weighted by Gasteiger charge is 2.23. The fourth-order valence-corrected chi connectivity index (χ4v) is 3.79. The lowest BCUT2D eigenvalue weighted by Gasteiger charge is -2.30. The third-order valence-electron chi connectivity index (χ3n) is 5.25. The van der Waals surface area contributed by atoms with Gasteiger partial charge in [-0.3, -0.25) is 0 Å². The van der Waals surface area contributed by atoms with Crippen LogP contribution in [0.25, 0.3) is 0 Å². The number of hydrogen-bond donors (Lipinski definition) is 2. The largest absolute Gasteiger partial charge is 0.439 e. The van der Waals surface area contributed by atoms with Crippen molar-refractivity contribution in [3.63, 3.8) is 0 Å². The molecular formula is C23H23N5OS. The number of aromatic nitrogens is 2. The summed E-state index contributed by atoms with van der Waals surface area (Å²) in [4.78, 5) is 11.5.